The van der Waals surface area contributed by atoms with Crippen LogP contribution in [0.1, 0.15) is 35.7 Å². The third kappa shape index (κ3) is 5.75. The van der Waals surface area contributed by atoms with Crippen LogP contribution in [0.2, 0.25) is 0 Å². The van der Waals surface area contributed by atoms with Crippen molar-refractivity contribution in [1.82, 2.24) is 15.1 Å². The van der Waals surface area contributed by atoms with E-state index in [2.05, 4.69) is 57.8 Å². The van der Waals surface area contributed by atoms with Gasteiger partial charge in [0.25, 0.3) is 0 Å². The molecule has 6 nitrogen and oxygen atoms in total. The highest BCUT2D eigenvalue weighted by Crippen LogP contribution is 2.36. The summed E-state index contributed by atoms with van der Waals surface area (Å²) in [5, 5.41) is 5.91. The van der Waals surface area contributed by atoms with Crippen LogP contribution in [0.3, 0.4) is 0 Å². The summed E-state index contributed by atoms with van der Waals surface area (Å²) in [6, 6.07) is 17.9. The molecule has 170 valence electrons. The molecule has 2 bridgehead atoms. The second-order valence-corrected chi connectivity index (χ2v) is 9.34. The van der Waals surface area contributed by atoms with Crippen LogP contribution in [0.4, 0.5) is 10.5 Å². The average molecular weight is 435 g/mol. The van der Waals surface area contributed by atoms with Gasteiger partial charge < -0.3 is 15.5 Å². The summed E-state index contributed by atoms with van der Waals surface area (Å²) in [4.78, 5) is 28.7. The minimum Gasteiger partial charge on any atom is -0.336 e. The predicted molar refractivity (Wildman–Crippen MR) is 128 cm³/mol. The van der Waals surface area contributed by atoms with Crippen LogP contribution in [0.15, 0.2) is 54.6 Å². The zero-order valence-electron chi connectivity index (χ0n) is 19.1. The quantitative estimate of drug-likeness (QED) is 0.620. The molecule has 32 heavy (non-hydrogen) atoms. The molecular formula is C26H34N4O2. The van der Waals surface area contributed by atoms with Gasteiger partial charge in [0, 0.05) is 43.5 Å². The number of hydrogen-bond acceptors (Lipinski definition) is 4. The number of piperidine rings is 3. The molecular weight excluding hydrogens is 400 g/mol. The summed E-state index contributed by atoms with van der Waals surface area (Å²) in [7, 11) is 2.22. The van der Waals surface area contributed by atoms with E-state index in [1.807, 2.05) is 0 Å². The number of amides is 2. The van der Waals surface area contributed by atoms with Gasteiger partial charge in [0.2, 0.25) is 0 Å². The molecule has 0 aliphatic carbocycles. The molecule has 2 N–H and O–H groups in total. The molecule has 3 aliphatic rings. The van der Waals surface area contributed by atoms with Gasteiger partial charge in [-0.25, -0.2) is 4.79 Å². The summed E-state index contributed by atoms with van der Waals surface area (Å²) in [5.41, 5.74) is 2.70. The largest absolute Gasteiger partial charge is 0.336 e. The Morgan fingerprint density at radius 1 is 1.09 bits per heavy atom. The van der Waals surface area contributed by atoms with E-state index in [0.717, 1.165) is 38.5 Å². The van der Waals surface area contributed by atoms with Crippen molar-refractivity contribution in [2.45, 2.75) is 32.4 Å². The Bertz CT molecular complexity index is 915. The molecule has 0 spiro atoms. The molecule has 1 unspecified atom stereocenters. The maximum Gasteiger partial charge on any atom is 0.319 e. The number of Topliss-reactive ketones (excluding diaryl/α,β-unsaturated/α-hetero) is 1. The first-order chi connectivity index (χ1) is 15.5. The Hall–Kier alpha value is -2.70. The highest BCUT2D eigenvalue weighted by atomic mass is 16.2. The Morgan fingerprint density at radius 3 is 2.50 bits per heavy atom. The van der Waals surface area contributed by atoms with Crippen molar-refractivity contribution in [3.8, 4) is 0 Å². The molecule has 2 aromatic carbocycles. The van der Waals surface area contributed by atoms with Gasteiger partial charge in [-0.15, -0.1) is 0 Å². The van der Waals surface area contributed by atoms with Crippen molar-refractivity contribution in [1.29, 1.82) is 0 Å². The van der Waals surface area contributed by atoms with Gasteiger partial charge in [0.1, 0.15) is 0 Å². The van der Waals surface area contributed by atoms with Crippen molar-refractivity contribution >= 4 is 17.5 Å². The maximum absolute atomic E-state index is 12.3. The number of fused-ring (bicyclic) bond motifs is 3. The van der Waals surface area contributed by atoms with E-state index in [1.54, 1.807) is 24.3 Å². The Labute approximate surface area is 191 Å². The summed E-state index contributed by atoms with van der Waals surface area (Å²) < 4.78 is 0. The number of benzene rings is 2. The van der Waals surface area contributed by atoms with Crippen LogP contribution >= 0.6 is 0 Å². The SMILES string of the molecule is CC(=O)c1ccc(NC(=O)NC[C@H]2C[C@@H]3CCN2C[C@@H]3CN(C)Cc2ccccc2)cc1. The van der Waals surface area contributed by atoms with Gasteiger partial charge in [-0.2, -0.15) is 0 Å². The summed E-state index contributed by atoms with van der Waals surface area (Å²) >= 11 is 0. The van der Waals surface area contributed by atoms with Crippen LogP contribution in [0, 0.1) is 11.8 Å². The molecule has 4 atom stereocenters. The van der Waals surface area contributed by atoms with E-state index >= 15 is 0 Å². The van der Waals surface area contributed by atoms with Gasteiger partial charge in [0.15, 0.2) is 5.78 Å². The number of anilines is 1. The van der Waals surface area contributed by atoms with Crippen LogP contribution < -0.4 is 10.6 Å². The molecule has 2 amide bonds. The number of hydrogen-bond donors (Lipinski definition) is 2. The molecule has 3 aliphatic heterocycles. The fourth-order valence-electron chi connectivity index (χ4n) is 5.20. The van der Waals surface area contributed by atoms with Crippen molar-refractivity contribution in [2.75, 3.05) is 38.5 Å². The first-order valence-electron chi connectivity index (χ1n) is 11.6. The van der Waals surface area contributed by atoms with Crippen LogP contribution in [0.5, 0.6) is 0 Å². The molecule has 5 rings (SSSR count). The molecule has 3 fully saturated rings. The Morgan fingerprint density at radius 2 is 1.84 bits per heavy atom. The van der Waals surface area contributed by atoms with Crippen molar-refractivity contribution < 1.29 is 9.59 Å². The van der Waals surface area contributed by atoms with Crippen LogP contribution in [-0.4, -0.2) is 60.9 Å². The number of urea groups is 1. The van der Waals surface area contributed by atoms with Crippen molar-refractivity contribution in [3.63, 3.8) is 0 Å². The minimum absolute atomic E-state index is 0.0203. The number of nitrogens with zero attached hydrogens (tertiary/aromatic N) is 2. The van der Waals surface area contributed by atoms with Crippen LogP contribution in [0.25, 0.3) is 0 Å². The normalized spacial score (nSPS) is 24.3. The number of rotatable bonds is 8. The highest BCUT2D eigenvalue weighted by molar-refractivity contribution is 5.95. The number of nitrogens with one attached hydrogen (secondary N) is 2. The lowest BCUT2D eigenvalue weighted by atomic mass is 9.75. The maximum atomic E-state index is 12.3. The van der Waals surface area contributed by atoms with Crippen molar-refractivity contribution in [2.24, 2.45) is 11.8 Å². The molecule has 0 radical (unpaired) electrons. The fraction of sp³-hybridized carbons (Fsp3) is 0.462. The third-order valence-corrected chi connectivity index (χ3v) is 6.90. The second kappa shape index (κ2) is 10.3. The number of ketones is 1. The molecule has 3 saturated heterocycles. The van der Waals surface area contributed by atoms with Gasteiger partial charge in [-0.1, -0.05) is 30.3 Å². The molecule has 0 aromatic heterocycles. The summed E-state index contributed by atoms with van der Waals surface area (Å²) in [6.45, 7) is 6.55. The highest BCUT2D eigenvalue weighted by Gasteiger charge is 2.40. The van der Waals surface area contributed by atoms with Gasteiger partial charge >= 0.3 is 6.03 Å². The standard InChI is InChI=1S/C26H34N4O2/c1-19(31)21-8-10-24(11-9-21)28-26(32)27-15-25-14-22-12-13-30(25)18-23(22)17-29(2)16-20-6-4-3-5-7-20/h3-11,22-23,25H,12-18H2,1-2H3,(H2,27,28,32)/t22-,23-,25+/m0/s1. The second-order valence-electron chi connectivity index (χ2n) is 9.34. The average Bonchev–Trinajstić information content (AvgIpc) is 2.79. The van der Waals surface area contributed by atoms with E-state index in [9.17, 15) is 9.59 Å². The number of carbonyl (C=O) groups is 2. The van der Waals surface area contributed by atoms with E-state index in [0.29, 0.717) is 29.8 Å². The topological polar surface area (TPSA) is 64.7 Å². The Balaban J connectivity index is 1.22. The summed E-state index contributed by atoms with van der Waals surface area (Å²) in [6.07, 6.45) is 2.41. The lowest BCUT2D eigenvalue weighted by Crippen LogP contribution is -2.58. The zero-order valence-corrected chi connectivity index (χ0v) is 19.1. The molecule has 3 heterocycles. The predicted octanol–water partition coefficient (Wildman–Crippen LogP) is 3.85. The Kier molecular flexibility index (Phi) is 7.22. The summed E-state index contributed by atoms with van der Waals surface area (Å²) in [5.74, 6) is 1.45. The minimum atomic E-state index is -0.192. The van der Waals surface area contributed by atoms with E-state index in [4.69, 9.17) is 0 Å². The fourth-order valence-corrected chi connectivity index (χ4v) is 5.20. The van der Waals surface area contributed by atoms with Crippen molar-refractivity contribution in [3.05, 3.63) is 65.7 Å². The molecule has 6 heteroatoms. The first kappa shape index (κ1) is 22.5. The zero-order chi connectivity index (χ0) is 22.5. The third-order valence-electron chi connectivity index (χ3n) is 6.90. The van der Waals surface area contributed by atoms with Gasteiger partial charge in [-0.05, 0) is 75.0 Å². The lowest BCUT2D eigenvalue weighted by molar-refractivity contribution is -0.00889. The van der Waals surface area contributed by atoms with E-state index in [-0.39, 0.29) is 11.8 Å². The lowest BCUT2D eigenvalue weighted by Gasteiger charge is -2.50. The van der Waals surface area contributed by atoms with E-state index < -0.39 is 0 Å². The van der Waals surface area contributed by atoms with E-state index in [1.165, 1.54) is 18.9 Å². The monoisotopic (exact) mass is 434 g/mol. The molecule has 2 aromatic rings. The smallest absolute Gasteiger partial charge is 0.319 e. The van der Waals surface area contributed by atoms with Crippen LogP contribution in [-0.2, 0) is 6.54 Å². The first-order valence-corrected chi connectivity index (χ1v) is 11.6. The van der Waals surface area contributed by atoms with Gasteiger partial charge in [-0.3, -0.25) is 9.69 Å². The molecule has 0 saturated carbocycles. The van der Waals surface area contributed by atoms with Gasteiger partial charge in [0.05, 0.1) is 0 Å². The number of carbonyl (C=O) groups excluding carboxylic acids is 2.